The first kappa shape index (κ1) is 82.9. The Labute approximate surface area is 536 Å². The molecule has 7 atom stereocenters. The van der Waals surface area contributed by atoms with E-state index in [4.69, 9.17) is 14.2 Å². The van der Waals surface area contributed by atoms with Crippen molar-refractivity contribution in [2.75, 3.05) is 19.8 Å². The molecule has 1 saturated heterocycles. The van der Waals surface area contributed by atoms with Crippen LogP contribution in [0, 0.1) is 0 Å². The molecule has 0 bridgehead atoms. The molecule has 11 nitrogen and oxygen atoms in total. The lowest BCUT2D eigenvalue weighted by Crippen LogP contribution is -2.60. The van der Waals surface area contributed by atoms with E-state index in [1.807, 2.05) is 6.08 Å². The van der Waals surface area contributed by atoms with Crippen LogP contribution in [-0.2, 0) is 23.8 Å². The highest BCUT2D eigenvalue weighted by molar-refractivity contribution is 5.76. The molecule has 0 saturated carbocycles. The van der Waals surface area contributed by atoms with Gasteiger partial charge >= 0.3 is 5.97 Å². The lowest BCUT2D eigenvalue weighted by molar-refractivity contribution is -0.302. The molecular formula is C76H143NO10. The molecule has 11 heteroatoms. The van der Waals surface area contributed by atoms with Crippen LogP contribution in [0.5, 0.6) is 0 Å². The topological polar surface area (TPSA) is 175 Å². The number of esters is 1. The van der Waals surface area contributed by atoms with Gasteiger partial charge in [-0.25, -0.2) is 0 Å². The molecule has 1 rings (SSSR count). The molecule has 0 aliphatic carbocycles. The number of aliphatic hydroxyl groups is 5. The summed E-state index contributed by atoms with van der Waals surface area (Å²) >= 11 is 0. The lowest BCUT2D eigenvalue weighted by Gasteiger charge is -2.40. The van der Waals surface area contributed by atoms with Crippen LogP contribution in [0.4, 0.5) is 0 Å². The average Bonchev–Trinajstić information content (AvgIpc) is 3.16. The van der Waals surface area contributed by atoms with Gasteiger partial charge in [-0.15, -0.1) is 0 Å². The number of amides is 1. The minimum absolute atomic E-state index is 0.00706. The summed E-state index contributed by atoms with van der Waals surface area (Å²) in [5, 5.41) is 54.6. The summed E-state index contributed by atoms with van der Waals surface area (Å²) in [7, 11) is 0. The fraction of sp³-hybridized carbons (Fsp3) is 0.895. The summed E-state index contributed by atoms with van der Waals surface area (Å²) in [6.45, 7) is 4.39. The van der Waals surface area contributed by atoms with E-state index in [2.05, 4.69) is 43.5 Å². The zero-order valence-corrected chi connectivity index (χ0v) is 57.0. The Morgan fingerprint density at radius 3 is 1.16 bits per heavy atom. The number of rotatable bonds is 67. The summed E-state index contributed by atoms with van der Waals surface area (Å²) in [4.78, 5) is 25.1. The Hall–Kier alpha value is -2.12. The molecule has 1 aliphatic heterocycles. The molecule has 0 aromatic carbocycles. The van der Waals surface area contributed by atoms with Crippen molar-refractivity contribution in [3.8, 4) is 0 Å². The van der Waals surface area contributed by atoms with E-state index in [0.29, 0.717) is 19.4 Å². The monoisotopic (exact) mass is 1230 g/mol. The fourth-order valence-electron chi connectivity index (χ4n) is 12.1. The van der Waals surface area contributed by atoms with E-state index >= 15 is 0 Å². The van der Waals surface area contributed by atoms with Crippen molar-refractivity contribution in [2.24, 2.45) is 0 Å². The van der Waals surface area contributed by atoms with Crippen LogP contribution < -0.4 is 5.32 Å². The predicted octanol–water partition coefficient (Wildman–Crippen LogP) is 19.7. The smallest absolute Gasteiger partial charge is 0.305 e. The Kier molecular flexibility index (Phi) is 62.3. The molecule has 1 aliphatic rings. The molecule has 0 aromatic heterocycles. The minimum atomic E-state index is -1.57. The van der Waals surface area contributed by atoms with Crippen molar-refractivity contribution in [3.05, 3.63) is 36.5 Å². The highest BCUT2D eigenvalue weighted by atomic mass is 16.7. The van der Waals surface area contributed by atoms with E-state index in [1.54, 1.807) is 6.08 Å². The van der Waals surface area contributed by atoms with E-state index < -0.39 is 49.5 Å². The Morgan fingerprint density at radius 2 is 0.770 bits per heavy atom. The highest BCUT2D eigenvalue weighted by Crippen LogP contribution is 2.24. The van der Waals surface area contributed by atoms with Crippen molar-refractivity contribution in [1.29, 1.82) is 0 Å². The molecule has 1 amide bonds. The van der Waals surface area contributed by atoms with E-state index in [0.717, 1.165) is 64.2 Å². The molecule has 1 fully saturated rings. The second-order valence-electron chi connectivity index (χ2n) is 26.4. The van der Waals surface area contributed by atoms with E-state index in [9.17, 15) is 35.1 Å². The average molecular weight is 1230 g/mol. The third-order valence-corrected chi connectivity index (χ3v) is 18.0. The highest BCUT2D eigenvalue weighted by Gasteiger charge is 2.44. The van der Waals surface area contributed by atoms with E-state index in [1.165, 1.54) is 283 Å². The molecule has 7 unspecified atom stereocenters. The first-order valence-corrected chi connectivity index (χ1v) is 37.8. The van der Waals surface area contributed by atoms with Crippen LogP contribution in [0.25, 0.3) is 0 Å². The summed E-state index contributed by atoms with van der Waals surface area (Å²) < 4.78 is 16.8. The Bertz CT molecular complexity index is 1540. The van der Waals surface area contributed by atoms with Gasteiger partial charge in [0.1, 0.15) is 24.4 Å². The molecule has 6 N–H and O–H groups in total. The normalized spacial score (nSPS) is 18.0. The third kappa shape index (κ3) is 54.2. The van der Waals surface area contributed by atoms with E-state index in [-0.39, 0.29) is 18.5 Å². The Morgan fingerprint density at radius 1 is 0.425 bits per heavy atom. The largest absolute Gasteiger partial charge is 0.466 e. The van der Waals surface area contributed by atoms with Gasteiger partial charge in [-0.05, 0) is 64.2 Å². The van der Waals surface area contributed by atoms with Crippen molar-refractivity contribution >= 4 is 11.9 Å². The van der Waals surface area contributed by atoms with Crippen LogP contribution in [0.15, 0.2) is 36.5 Å². The minimum Gasteiger partial charge on any atom is -0.466 e. The van der Waals surface area contributed by atoms with Crippen molar-refractivity contribution < 1.29 is 49.3 Å². The number of hydrogen-bond donors (Lipinski definition) is 6. The number of hydrogen-bond acceptors (Lipinski definition) is 10. The Balaban J connectivity index is 1.97. The first-order valence-electron chi connectivity index (χ1n) is 37.8. The van der Waals surface area contributed by atoms with Crippen LogP contribution in [0.1, 0.15) is 373 Å². The predicted molar refractivity (Wildman–Crippen MR) is 366 cm³/mol. The molecule has 0 radical (unpaired) electrons. The van der Waals surface area contributed by atoms with Gasteiger partial charge in [0.05, 0.1) is 32.0 Å². The molecule has 0 aromatic rings. The number of unbranched alkanes of at least 4 members (excludes halogenated alkanes) is 49. The van der Waals surface area contributed by atoms with Gasteiger partial charge in [0.15, 0.2) is 6.29 Å². The van der Waals surface area contributed by atoms with Crippen molar-refractivity contribution in [2.45, 2.75) is 416 Å². The van der Waals surface area contributed by atoms with Gasteiger partial charge in [0, 0.05) is 12.8 Å². The molecule has 87 heavy (non-hydrogen) atoms. The molecule has 0 spiro atoms. The summed E-state index contributed by atoms with van der Waals surface area (Å²) in [6, 6.07) is -0.809. The van der Waals surface area contributed by atoms with Crippen LogP contribution in [0.3, 0.4) is 0 Å². The maximum absolute atomic E-state index is 13.1. The molecular weight excluding hydrogens is 1090 g/mol. The second-order valence-corrected chi connectivity index (χ2v) is 26.4. The number of nitrogens with one attached hydrogen (secondary N) is 1. The summed E-state index contributed by atoms with van der Waals surface area (Å²) in [5.74, 6) is -0.170. The number of ether oxygens (including phenoxy) is 3. The van der Waals surface area contributed by atoms with Crippen LogP contribution >= 0.6 is 0 Å². The van der Waals surface area contributed by atoms with Crippen LogP contribution in [-0.4, -0.2) is 100 Å². The zero-order chi connectivity index (χ0) is 63.0. The summed E-state index contributed by atoms with van der Waals surface area (Å²) in [5.41, 5.74) is 0. The summed E-state index contributed by atoms with van der Waals surface area (Å²) in [6.07, 6.45) is 74.3. The first-order chi connectivity index (χ1) is 42.7. The number of aliphatic hydroxyl groups excluding tert-OH is 5. The van der Waals surface area contributed by atoms with Gasteiger partial charge < -0.3 is 45.1 Å². The van der Waals surface area contributed by atoms with Gasteiger partial charge in [0.2, 0.25) is 5.91 Å². The lowest BCUT2D eigenvalue weighted by atomic mass is 9.99. The van der Waals surface area contributed by atoms with Gasteiger partial charge in [-0.3, -0.25) is 9.59 Å². The second kappa shape index (κ2) is 65.4. The number of carbonyl (C=O) groups is 2. The number of carbonyl (C=O) groups excluding carboxylic acids is 2. The van der Waals surface area contributed by atoms with Gasteiger partial charge in [-0.1, -0.05) is 333 Å². The molecule has 512 valence electrons. The quantitative estimate of drug-likeness (QED) is 0.0195. The molecule has 1 heterocycles. The van der Waals surface area contributed by atoms with Crippen molar-refractivity contribution in [3.63, 3.8) is 0 Å². The van der Waals surface area contributed by atoms with Crippen LogP contribution in [0.2, 0.25) is 0 Å². The van der Waals surface area contributed by atoms with Gasteiger partial charge in [-0.2, -0.15) is 0 Å². The van der Waals surface area contributed by atoms with Gasteiger partial charge in [0.25, 0.3) is 0 Å². The third-order valence-electron chi connectivity index (χ3n) is 18.0. The fourth-order valence-corrected chi connectivity index (χ4v) is 12.1. The zero-order valence-electron chi connectivity index (χ0n) is 57.0. The number of allylic oxidation sites excluding steroid dienone is 5. The van der Waals surface area contributed by atoms with Crippen molar-refractivity contribution in [1.82, 2.24) is 5.32 Å². The maximum atomic E-state index is 13.1. The SMILES string of the molecule is CCCCCCCCCCCCCCC/C=C/C(O)C(COC1OC(CO)C(O)C(O)C1O)NC(=O)CCCCCCCCCCCCCCCCCCC/C=C\C/C=C\CCCCCCCCCCCOC(=O)CCCCCCCCCCCCC. The maximum Gasteiger partial charge on any atom is 0.305 e. The standard InChI is InChI=1S/C76H143NO10/c1-3-5-7-9-11-13-15-16-36-39-43-46-50-54-58-62-69(79)68(67-86-76-75(84)74(83)73(82)70(66-78)87-76)77-71(80)63-59-55-51-47-44-40-37-34-32-30-28-26-24-22-20-18-17-19-21-23-25-27-29-31-33-35-38-41-45-49-53-57-61-65-85-72(81)64-60-56-52-48-42-14-12-10-8-6-4-2/h21,23,27,29,58,62,68-70,73-76,78-79,82-84H,3-20,22,24-26,28,30-57,59-61,63-67H2,1-2H3,(H,77,80)/b23-21-,29-27-,62-58+.